The number of hydrogen-bond acceptors (Lipinski definition) is 8. The van der Waals surface area contributed by atoms with E-state index < -0.39 is 17.6 Å². The van der Waals surface area contributed by atoms with Gasteiger partial charge in [-0.15, -0.1) is 0 Å². The second kappa shape index (κ2) is 10.4. The average Bonchev–Trinajstić information content (AvgIpc) is 3.15. The van der Waals surface area contributed by atoms with Crippen LogP contribution in [0.15, 0.2) is 51.4 Å². The Hall–Kier alpha value is -3.27. The molecule has 188 valence electrons. The first-order valence-electron chi connectivity index (χ1n) is 10.8. The van der Waals surface area contributed by atoms with Gasteiger partial charge in [-0.1, -0.05) is 34.5 Å². The number of ether oxygens (including phenoxy) is 3. The second-order valence-corrected chi connectivity index (χ2v) is 9.59. The molecule has 0 aliphatic carbocycles. The van der Waals surface area contributed by atoms with Crippen LogP contribution in [0.25, 0.3) is 6.08 Å². The van der Waals surface area contributed by atoms with E-state index in [0.29, 0.717) is 32.6 Å². The number of carbonyl (C=O) groups excluding carboxylic acids is 1. The number of fused-ring (bicyclic) bond motifs is 1. The van der Waals surface area contributed by atoms with Crippen LogP contribution >= 0.6 is 34.5 Å². The first-order valence-corrected chi connectivity index (χ1v) is 12.4. The van der Waals surface area contributed by atoms with E-state index in [1.54, 1.807) is 32.0 Å². The molecule has 0 saturated heterocycles. The number of hydrogen-bond donors (Lipinski definition) is 1. The summed E-state index contributed by atoms with van der Waals surface area (Å²) in [6.07, 6.45) is 1.49. The SMILES string of the molecule is CCOC(=O)C1=C(C)N=c2sc(=Cc3cc(Cl)cc(Cl)c3O)c(=O)n2C1c1cc(OC)ccc1OC. The van der Waals surface area contributed by atoms with Gasteiger partial charge in [0.1, 0.15) is 23.3 Å². The average molecular weight is 549 g/mol. The fourth-order valence-corrected chi connectivity index (χ4v) is 5.52. The summed E-state index contributed by atoms with van der Waals surface area (Å²) in [5.41, 5.74) is 0.976. The van der Waals surface area contributed by atoms with Crippen LogP contribution in [-0.2, 0) is 9.53 Å². The molecule has 0 saturated carbocycles. The smallest absolute Gasteiger partial charge is 0.338 e. The lowest BCUT2D eigenvalue weighted by molar-refractivity contribution is -0.139. The molecule has 0 spiro atoms. The van der Waals surface area contributed by atoms with E-state index in [0.717, 1.165) is 11.3 Å². The Morgan fingerprint density at radius 2 is 1.97 bits per heavy atom. The summed E-state index contributed by atoms with van der Waals surface area (Å²) >= 11 is 13.3. The molecular formula is C25H22Cl2N2O6S. The number of rotatable bonds is 6. The van der Waals surface area contributed by atoms with E-state index in [2.05, 4.69) is 4.99 Å². The number of esters is 1. The van der Waals surface area contributed by atoms with Crippen LogP contribution in [0, 0.1) is 0 Å². The van der Waals surface area contributed by atoms with Crippen LogP contribution in [0.5, 0.6) is 17.2 Å². The molecule has 36 heavy (non-hydrogen) atoms. The molecular weight excluding hydrogens is 527 g/mol. The molecule has 2 heterocycles. The highest BCUT2D eigenvalue weighted by molar-refractivity contribution is 7.07. The lowest BCUT2D eigenvalue weighted by Crippen LogP contribution is -2.40. The van der Waals surface area contributed by atoms with Gasteiger partial charge in [0, 0.05) is 16.1 Å². The van der Waals surface area contributed by atoms with Gasteiger partial charge >= 0.3 is 5.97 Å². The van der Waals surface area contributed by atoms with E-state index in [1.807, 2.05) is 0 Å². The number of methoxy groups -OCH3 is 2. The minimum Gasteiger partial charge on any atom is -0.506 e. The Morgan fingerprint density at radius 1 is 1.22 bits per heavy atom. The lowest BCUT2D eigenvalue weighted by atomic mass is 9.94. The summed E-state index contributed by atoms with van der Waals surface area (Å²) in [6.45, 7) is 3.54. The molecule has 8 nitrogen and oxygen atoms in total. The fraction of sp³-hybridized carbons (Fsp3) is 0.240. The van der Waals surface area contributed by atoms with Crippen LogP contribution in [0.4, 0.5) is 0 Å². The Morgan fingerprint density at radius 3 is 2.64 bits per heavy atom. The molecule has 3 aromatic rings. The van der Waals surface area contributed by atoms with Crippen molar-refractivity contribution in [2.24, 2.45) is 4.99 Å². The third kappa shape index (κ3) is 4.61. The zero-order chi connectivity index (χ0) is 26.1. The number of halogens is 2. The van der Waals surface area contributed by atoms with Gasteiger partial charge in [-0.2, -0.15) is 0 Å². The molecule has 4 rings (SSSR count). The number of benzene rings is 2. The number of carbonyl (C=O) groups is 1. The van der Waals surface area contributed by atoms with E-state index in [4.69, 9.17) is 37.4 Å². The van der Waals surface area contributed by atoms with Gasteiger partial charge in [-0.05, 0) is 50.3 Å². The molecule has 1 atom stereocenters. The van der Waals surface area contributed by atoms with Crippen LogP contribution < -0.4 is 24.4 Å². The lowest BCUT2D eigenvalue weighted by Gasteiger charge is -2.26. The van der Waals surface area contributed by atoms with Crippen LogP contribution in [0.2, 0.25) is 10.0 Å². The first kappa shape index (κ1) is 25.8. The zero-order valence-corrected chi connectivity index (χ0v) is 22.1. The van der Waals surface area contributed by atoms with Crippen molar-refractivity contribution in [1.82, 2.24) is 4.57 Å². The van der Waals surface area contributed by atoms with Gasteiger partial charge < -0.3 is 19.3 Å². The van der Waals surface area contributed by atoms with E-state index in [-0.39, 0.29) is 33.0 Å². The zero-order valence-electron chi connectivity index (χ0n) is 19.8. The molecule has 2 aromatic carbocycles. The highest BCUT2D eigenvalue weighted by atomic mass is 35.5. The summed E-state index contributed by atoms with van der Waals surface area (Å²) in [5, 5.41) is 10.8. The fourth-order valence-electron chi connectivity index (χ4n) is 3.98. The normalized spacial score (nSPS) is 15.4. The summed E-state index contributed by atoms with van der Waals surface area (Å²) in [7, 11) is 3.02. The molecule has 0 radical (unpaired) electrons. The molecule has 1 unspecified atom stereocenters. The second-order valence-electron chi connectivity index (χ2n) is 7.74. The maximum atomic E-state index is 13.8. The molecule has 11 heteroatoms. The number of phenols is 1. The van der Waals surface area contributed by atoms with Gasteiger partial charge in [0.05, 0.1) is 41.7 Å². The maximum Gasteiger partial charge on any atom is 0.338 e. The predicted molar refractivity (Wildman–Crippen MR) is 138 cm³/mol. The Kier molecular flexibility index (Phi) is 7.44. The largest absolute Gasteiger partial charge is 0.506 e. The van der Waals surface area contributed by atoms with Crippen molar-refractivity contribution in [3.63, 3.8) is 0 Å². The molecule has 0 bridgehead atoms. The maximum absolute atomic E-state index is 13.8. The van der Waals surface area contributed by atoms with Crippen molar-refractivity contribution in [2.45, 2.75) is 19.9 Å². The monoisotopic (exact) mass is 548 g/mol. The highest BCUT2D eigenvalue weighted by Crippen LogP contribution is 2.38. The minimum absolute atomic E-state index is 0.0564. The topological polar surface area (TPSA) is 99.4 Å². The molecule has 1 N–H and O–H groups in total. The highest BCUT2D eigenvalue weighted by Gasteiger charge is 2.35. The number of allylic oxidation sites excluding steroid dienone is 1. The number of aromatic nitrogens is 1. The Labute approximate surface area is 220 Å². The Bertz CT molecular complexity index is 1570. The minimum atomic E-state index is -0.899. The molecule has 0 fully saturated rings. The summed E-state index contributed by atoms with van der Waals surface area (Å²) < 4.78 is 18.0. The molecule has 1 aromatic heterocycles. The third-order valence-corrected chi connectivity index (χ3v) is 7.08. The van der Waals surface area contributed by atoms with Gasteiger partial charge in [-0.3, -0.25) is 9.36 Å². The molecule has 1 aliphatic heterocycles. The quantitative estimate of drug-likeness (QED) is 0.470. The summed E-state index contributed by atoms with van der Waals surface area (Å²) in [6, 6.07) is 7.14. The number of thiazole rings is 1. The predicted octanol–water partition coefficient (Wildman–Crippen LogP) is 3.83. The summed E-state index contributed by atoms with van der Waals surface area (Å²) in [5.74, 6) is 0.166. The van der Waals surface area contributed by atoms with Crippen LogP contribution in [0.3, 0.4) is 0 Å². The third-order valence-electron chi connectivity index (χ3n) is 5.59. The van der Waals surface area contributed by atoms with Crippen LogP contribution in [0.1, 0.15) is 31.0 Å². The van der Waals surface area contributed by atoms with Crippen molar-refractivity contribution < 1.29 is 24.1 Å². The van der Waals surface area contributed by atoms with Crippen molar-refractivity contribution in [2.75, 3.05) is 20.8 Å². The number of nitrogens with zero attached hydrogens (tertiary/aromatic N) is 2. The van der Waals surface area contributed by atoms with E-state index in [9.17, 15) is 14.7 Å². The van der Waals surface area contributed by atoms with Crippen molar-refractivity contribution in [1.29, 1.82) is 0 Å². The number of aromatic hydroxyl groups is 1. The van der Waals surface area contributed by atoms with Crippen molar-refractivity contribution in [3.05, 3.63) is 82.5 Å². The van der Waals surface area contributed by atoms with Gasteiger partial charge in [0.15, 0.2) is 4.80 Å². The van der Waals surface area contributed by atoms with Crippen molar-refractivity contribution in [3.8, 4) is 17.2 Å². The van der Waals surface area contributed by atoms with Gasteiger partial charge in [0.25, 0.3) is 5.56 Å². The standard InChI is InChI=1S/C25H22Cl2N2O6S/c1-5-35-24(32)20-12(2)28-25-29(21(20)16-11-15(33-3)6-7-18(16)34-4)23(31)19(36-25)9-13-8-14(26)10-17(27)22(13)30/h6-11,21,30H,5H2,1-4H3. The van der Waals surface area contributed by atoms with Gasteiger partial charge in [0.2, 0.25) is 0 Å². The van der Waals surface area contributed by atoms with Gasteiger partial charge in [-0.25, -0.2) is 9.79 Å². The molecule has 1 aliphatic rings. The first-order chi connectivity index (χ1) is 17.2. The van der Waals surface area contributed by atoms with Crippen LogP contribution in [-0.4, -0.2) is 36.5 Å². The molecule has 0 amide bonds. The summed E-state index contributed by atoms with van der Waals surface area (Å²) in [4.78, 5) is 31.7. The Balaban J connectivity index is 2.04. The van der Waals surface area contributed by atoms with E-state index >= 15 is 0 Å². The van der Waals surface area contributed by atoms with Crippen molar-refractivity contribution >= 4 is 46.6 Å². The van der Waals surface area contributed by atoms with E-state index in [1.165, 1.54) is 37.0 Å². The number of phenolic OH excluding ortho intramolecular Hbond substituents is 1.